The third-order valence-electron chi connectivity index (χ3n) is 2.41. The smallest absolute Gasteiger partial charge is 0.338 e. The third-order valence-corrected chi connectivity index (χ3v) is 4.17. The summed E-state index contributed by atoms with van der Waals surface area (Å²) in [6.07, 6.45) is 0. The van der Waals surface area contributed by atoms with Crippen molar-refractivity contribution in [3.8, 4) is 0 Å². The number of esters is 1. The van der Waals surface area contributed by atoms with Crippen molar-refractivity contribution in [1.82, 2.24) is 4.72 Å². The Bertz CT molecular complexity index is 690. The molecule has 0 aliphatic rings. The molecule has 0 amide bonds. The largest absolute Gasteiger partial charge is 0.478 e. The summed E-state index contributed by atoms with van der Waals surface area (Å²) in [4.78, 5) is 21.1. The highest BCUT2D eigenvalue weighted by Crippen LogP contribution is 2.24. The van der Waals surface area contributed by atoms with Crippen LogP contribution in [0.2, 0.25) is 5.02 Å². The van der Waals surface area contributed by atoms with E-state index in [2.05, 4.69) is 4.74 Å². The van der Waals surface area contributed by atoms with Crippen LogP contribution in [0.3, 0.4) is 0 Å². The second kappa shape index (κ2) is 6.37. The van der Waals surface area contributed by atoms with Gasteiger partial charge in [0.15, 0.2) is 5.82 Å². The molecule has 0 saturated heterocycles. The number of sulfonamides is 1. The summed E-state index contributed by atoms with van der Waals surface area (Å²) in [5.41, 5.74) is -0.895. The molecule has 116 valence electrons. The second-order valence-corrected chi connectivity index (χ2v) is 6.06. The number of ether oxygens (including phenoxy) is 1. The maximum atomic E-state index is 14.0. The van der Waals surface area contributed by atoms with Gasteiger partial charge in [-0.15, -0.1) is 0 Å². The van der Waals surface area contributed by atoms with Crippen LogP contribution in [0.15, 0.2) is 17.0 Å². The van der Waals surface area contributed by atoms with Crippen molar-refractivity contribution < 1.29 is 32.2 Å². The van der Waals surface area contributed by atoms with Crippen LogP contribution >= 0.6 is 11.6 Å². The maximum Gasteiger partial charge on any atom is 0.338 e. The van der Waals surface area contributed by atoms with Crippen LogP contribution in [-0.2, 0) is 19.6 Å². The second-order valence-electron chi connectivity index (χ2n) is 3.94. The molecule has 2 N–H and O–H groups in total. The fraction of sp³-hybridized carbons (Fsp3) is 0.273. The number of carboxylic acids is 1. The van der Waals surface area contributed by atoms with Gasteiger partial charge in [-0.1, -0.05) is 11.6 Å². The topological polar surface area (TPSA) is 110 Å². The van der Waals surface area contributed by atoms with Gasteiger partial charge in [-0.25, -0.2) is 17.6 Å². The minimum Gasteiger partial charge on any atom is -0.478 e. The number of halogens is 2. The Morgan fingerprint density at radius 1 is 1.43 bits per heavy atom. The van der Waals surface area contributed by atoms with Crippen molar-refractivity contribution in [3.63, 3.8) is 0 Å². The zero-order valence-corrected chi connectivity index (χ0v) is 12.5. The third kappa shape index (κ3) is 3.90. The lowest BCUT2D eigenvalue weighted by atomic mass is 10.2. The first kappa shape index (κ1) is 17.3. The molecule has 1 rings (SSSR count). The molecule has 0 radical (unpaired) electrons. The number of benzene rings is 1. The number of hydrogen-bond donors (Lipinski definition) is 2. The molecule has 1 atom stereocenters. The van der Waals surface area contributed by atoms with Gasteiger partial charge < -0.3 is 9.84 Å². The molecule has 0 heterocycles. The molecule has 21 heavy (non-hydrogen) atoms. The Balaban J connectivity index is 3.32. The summed E-state index contributed by atoms with van der Waals surface area (Å²) in [6.45, 7) is 1.18. The zero-order valence-electron chi connectivity index (χ0n) is 10.9. The van der Waals surface area contributed by atoms with Gasteiger partial charge >= 0.3 is 11.9 Å². The number of carboxylic acid groups (broad SMARTS) is 1. The summed E-state index contributed by atoms with van der Waals surface area (Å²) < 4.78 is 44.2. The summed E-state index contributed by atoms with van der Waals surface area (Å²) in [6, 6.07) is 0.240. The van der Waals surface area contributed by atoms with E-state index in [1.54, 1.807) is 0 Å². The summed E-state index contributed by atoms with van der Waals surface area (Å²) in [5, 5.41) is 8.52. The van der Waals surface area contributed by atoms with Crippen LogP contribution in [0.4, 0.5) is 4.39 Å². The predicted molar refractivity (Wildman–Crippen MR) is 70.2 cm³/mol. The van der Waals surface area contributed by atoms with E-state index in [-0.39, 0.29) is 5.02 Å². The van der Waals surface area contributed by atoms with E-state index >= 15 is 0 Å². The van der Waals surface area contributed by atoms with Crippen LogP contribution in [0.5, 0.6) is 0 Å². The molecule has 0 unspecified atom stereocenters. The van der Waals surface area contributed by atoms with Crippen molar-refractivity contribution in [2.45, 2.75) is 17.9 Å². The molecule has 0 spiro atoms. The Labute approximate surface area is 124 Å². The molecule has 0 aromatic heterocycles. The standard InChI is InChI=1S/C11H11ClFNO6S/c1-5(11(17)20-2)14-21(18,19)8-4-6(12)3-7(9(8)13)10(15)16/h3-5,14H,1-2H3,(H,15,16)/t5-/m0/s1. The van der Waals surface area contributed by atoms with Gasteiger partial charge in [0.25, 0.3) is 0 Å². The minimum absolute atomic E-state index is 0.278. The van der Waals surface area contributed by atoms with Crippen molar-refractivity contribution >= 4 is 33.6 Å². The van der Waals surface area contributed by atoms with Crippen LogP contribution in [0, 0.1) is 5.82 Å². The highest BCUT2D eigenvalue weighted by atomic mass is 35.5. The number of methoxy groups -OCH3 is 1. The van der Waals surface area contributed by atoms with Crippen molar-refractivity contribution in [3.05, 3.63) is 28.5 Å². The summed E-state index contributed by atoms with van der Waals surface area (Å²) in [5.74, 6) is -4.04. The maximum absolute atomic E-state index is 14.0. The average Bonchev–Trinajstić information content (AvgIpc) is 2.38. The molecule has 0 fully saturated rings. The Hall–Kier alpha value is -1.71. The van der Waals surface area contributed by atoms with Crippen molar-refractivity contribution in [2.24, 2.45) is 0 Å². The fourth-order valence-electron chi connectivity index (χ4n) is 1.44. The first-order valence-corrected chi connectivity index (χ1v) is 7.28. The number of rotatable bonds is 5. The highest BCUT2D eigenvalue weighted by molar-refractivity contribution is 7.89. The van der Waals surface area contributed by atoms with Gasteiger partial charge in [-0.3, -0.25) is 4.79 Å². The number of carbonyl (C=O) groups excluding carboxylic acids is 1. The Morgan fingerprint density at radius 3 is 2.48 bits per heavy atom. The Morgan fingerprint density at radius 2 is 2.00 bits per heavy atom. The molecular formula is C11H11ClFNO6S. The Kier molecular flexibility index (Phi) is 5.26. The summed E-state index contributed by atoms with van der Waals surface area (Å²) >= 11 is 5.58. The number of nitrogens with one attached hydrogen (secondary N) is 1. The quantitative estimate of drug-likeness (QED) is 0.775. The van der Waals surface area contributed by atoms with Gasteiger partial charge in [0, 0.05) is 5.02 Å². The van der Waals surface area contributed by atoms with E-state index in [4.69, 9.17) is 16.7 Å². The van der Waals surface area contributed by atoms with Gasteiger partial charge in [0.1, 0.15) is 10.9 Å². The summed E-state index contributed by atoms with van der Waals surface area (Å²) in [7, 11) is -3.45. The van der Waals surface area contributed by atoms with E-state index in [1.165, 1.54) is 6.92 Å². The zero-order chi connectivity index (χ0) is 16.4. The lowest BCUT2D eigenvalue weighted by Gasteiger charge is -2.13. The van der Waals surface area contributed by atoms with Gasteiger partial charge in [-0.05, 0) is 19.1 Å². The van der Waals surface area contributed by atoms with Gasteiger partial charge in [-0.2, -0.15) is 4.72 Å². The normalized spacial score (nSPS) is 12.8. The molecule has 0 aliphatic carbocycles. The van der Waals surface area contributed by atoms with Crippen LogP contribution in [-0.4, -0.2) is 38.6 Å². The molecule has 0 saturated carbocycles. The van der Waals surface area contributed by atoms with Crippen molar-refractivity contribution in [1.29, 1.82) is 0 Å². The van der Waals surface area contributed by atoms with E-state index in [1.807, 2.05) is 4.72 Å². The molecule has 1 aromatic carbocycles. The first-order chi connectivity index (χ1) is 9.60. The molecule has 7 nitrogen and oxygen atoms in total. The van der Waals surface area contributed by atoms with Crippen LogP contribution in [0.1, 0.15) is 17.3 Å². The monoisotopic (exact) mass is 339 g/mol. The molecule has 0 bridgehead atoms. The average molecular weight is 340 g/mol. The van der Waals surface area contributed by atoms with Gasteiger partial charge in [0.2, 0.25) is 10.0 Å². The number of hydrogen-bond acceptors (Lipinski definition) is 5. The minimum atomic E-state index is -4.50. The molecule has 10 heteroatoms. The molecule has 0 aliphatic heterocycles. The first-order valence-electron chi connectivity index (χ1n) is 5.42. The lowest BCUT2D eigenvalue weighted by Crippen LogP contribution is -2.39. The van der Waals surface area contributed by atoms with E-state index in [9.17, 15) is 22.4 Å². The van der Waals surface area contributed by atoms with Crippen LogP contribution < -0.4 is 4.72 Å². The number of carbonyl (C=O) groups is 2. The lowest BCUT2D eigenvalue weighted by molar-refractivity contribution is -0.142. The SMILES string of the molecule is COC(=O)[C@H](C)NS(=O)(=O)c1cc(Cl)cc(C(=O)O)c1F. The van der Waals surface area contributed by atoms with Gasteiger partial charge in [0.05, 0.1) is 12.7 Å². The van der Waals surface area contributed by atoms with E-state index in [0.717, 1.165) is 19.2 Å². The van der Waals surface area contributed by atoms with Crippen molar-refractivity contribution in [2.75, 3.05) is 7.11 Å². The van der Waals surface area contributed by atoms with E-state index in [0.29, 0.717) is 0 Å². The molecule has 1 aromatic rings. The number of aromatic carboxylic acids is 1. The van der Waals surface area contributed by atoms with Crippen LogP contribution in [0.25, 0.3) is 0 Å². The van der Waals surface area contributed by atoms with E-state index < -0.39 is 44.3 Å². The fourth-order valence-corrected chi connectivity index (χ4v) is 3.04. The highest BCUT2D eigenvalue weighted by Gasteiger charge is 2.28. The molecular weight excluding hydrogens is 329 g/mol. The predicted octanol–water partition coefficient (Wildman–Crippen LogP) is 1.02.